The zero-order chi connectivity index (χ0) is 32.1. The van der Waals surface area contributed by atoms with Crippen molar-refractivity contribution in [3.8, 4) is 11.1 Å². The number of piperidine rings is 1. The summed E-state index contributed by atoms with van der Waals surface area (Å²) in [4.78, 5) is 29.8. The molecule has 2 heterocycles. The van der Waals surface area contributed by atoms with Crippen LogP contribution in [0.15, 0.2) is 71.5 Å². The molecule has 246 valence electrons. The monoisotopic (exact) mass is 646 g/mol. The number of benzene rings is 3. The van der Waals surface area contributed by atoms with Crippen LogP contribution >= 0.6 is 11.3 Å². The van der Waals surface area contributed by atoms with Crippen LogP contribution in [0.2, 0.25) is 0 Å². The lowest BCUT2D eigenvalue weighted by Crippen LogP contribution is -2.38. The first kappa shape index (κ1) is 33.8. The second-order valence-corrected chi connectivity index (χ2v) is 13.4. The van der Waals surface area contributed by atoms with E-state index in [9.17, 15) is 14.0 Å². The maximum atomic E-state index is 14.4. The number of unbranched alkanes of at least 4 members (excludes halogenated alkanes) is 6. The number of likely N-dealkylation sites (tertiary alicyclic amines) is 1. The lowest BCUT2D eigenvalue weighted by molar-refractivity contribution is 0.0584. The second-order valence-electron chi connectivity index (χ2n) is 12.4. The number of halogens is 1. The van der Waals surface area contributed by atoms with Gasteiger partial charge in [0.1, 0.15) is 11.9 Å². The average molecular weight is 647 g/mol. The van der Waals surface area contributed by atoms with Crippen molar-refractivity contribution < 1.29 is 13.9 Å². The first-order valence-electron chi connectivity index (χ1n) is 16.8. The maximum absolute atomic E-state index is 14.4. The van der Waals surface area contributed by atoms with Crippen LogP contribution in [0.5, 0.6) is 0 Å². The highest BCUT2D eigenvalue weighted by Gasteiger charge is 2.22. The van der Waals surface area contributed by atoms with Gasteiger partial charge in [-0.1, -0.05) is 92.0 Å². The Kier molecular flexibility index (Phi) is 12.8. The van der Waals surface area contributed by atoms with E-state index in [1.807, 2.05) is 24.3 Å². The number of nitrogens with zero attached hydrogens (tertiary/aromatic N) is 1. The molecule has 9 heteroatoms. The standard InChI is InChI=1S/C37H47FN4O3S/c1-27(26-28-14-13-19-34-35(28)46-37(44)41-34)39-22-11-5-3-2-4-6-12-23-42-24-20-29(21-25-42)45-36(43)40-33-18-10-8-16-31(33)30-15-7-9-17-32(30)38/h7-10,13-19,27,29,39H,2-6,11-12,20-26H2,1H3,(H,40,43)(H,41,44). The number of hydrogen-bond acceptors (Lipinski definition) is 6. The minimum atomic E-state index is -0.488. The molecule has 0 radical (unpaired) electrons. The molecule has 0 aliphatic carbocycles. The van der Waals surface area contributed by atoms with Crippen molar-refractivity contribution in [2.24, 2.45) is 0 Å². The first-order valence-corrected chi connectivity index (χ1v) is 17.7. The Morgan fingerprint density at radius 3 is 2.41 bits per heavy atom. The molecule has 1 atom stereocenters. The molecule has 1 amide bonds. The van der Waals surface area contributed by atoms with Gasteiger partial charge < -0.3 is 19.9 Å². The Morgan fingerprint density at radius 2 is 1.63 bits per heavy atom. The fourth-order valence-electron chi connectivity index (χ4n) is 6.34. The Labute approximate surface area is 275 Å². The van der Waals surface area contributed by atoms with Gasteiger partial charge in [0.25, 0.3) is 0 Å². The van der Waals surface area contributed by atoms with Crippen molar-refractivity contribution in [2.45, 2.75) is 83.3 Å². The van der Waals surface area contributed by atoms with Gasteiger partial charge in [0.05, 0.1) is 15.9 Å². The lowest BCUT2D eigenvalue weighted by Gasteiger charge is -2.31. The molecule has 0 saturated carbocycles. The van der Waals surface area contributed by atoms with E-state index in [4.69, 9.17) is 4.74 Å². The van der Waals surface area contributed by atoms with Crippen LogP contribution < -0.4 is 15.5 Å². The topological polar surface area (TPSA) is 86.5 Å². The Balaban J connectivity index is 0.877. The molecule has 3 aromatic carbocycles. The quantitative estimate of drug-likeness (QED) is 0.107. The van der Waals surface area contributed by atoms with Crippen LogP contribution in [-0.4, -0.2) is 54.3 Å². The van der Waals surface area contributed by atoms with Gasteiger partial charge in [-0.2, -0.15) is 0 Å². The van der Waals surface area contributed by atoms with Gasteiger partial charge in [-0.05, 0) is 75.9 Å². The lowest BCUT2D eigenvalue weighted by atomic mass is 10.0. The number of nitrogens with one attached hydrogen (secondary N) is 3. The number of rotatable bonds is 16. The van der Waals surface area contributed by atoms with Gasteiger partial charge in [-0.3, -0.25) is 10.1 Å². The van der Waals surface area contributed by atoms with Crippen LogP contribution in [0.4, 0.5) is 14.9 Å². The van der Waals surface area contributed by atoms with Crippen LogP contribution in [0.1, 0.15) is 70.3 Å². The number of amides is 1. The van der Waals surface area contributed by atoms with E-state index in [1.165, 1.54) is 67.9 Å². The first-order chi connectivity index (χ1) is 22.5. The van der Waals surface area contributed by atoms with Gasteiger partial charge in [0.15, 0.2) is 0 Å². The fourth-order valence-corrected chi connectivity index (χ4v) is 7.19. The third kappa shape index (κ3) is 9.98. The number of para-hydroxylation sites is 1. The van der Waals surface area contributed by atoms with Crippen molar-refractivity contribution in [1.29, 1.82) is 0 Å². The summed E-state index contributed by atoms with van der Waals surface area (Å²) in [5, 5.41) is 6.48. The van der Waals surface area contributed by atoms with Gasteiger partial charge in [0.2, 0.25) is 0 Å². The van der Waals surface area contributed by atoms with Gasteiger partial charge >= 0.3 is 11.0 Å². The number of ether oxygens (including phenoxy) is 1. The van der Waals surface area contributed by atoms with E-state index in [2.05, 4.69) is 33.5 Å². The molecule has 0 spiro atoms. The molecule has 4 aromatic rings. The Morgan fingerprint density at radius 1 is 0.935 bits per heavy atom. The molecule has 1 unspecified atom stereocenters. The van der Waals surface area contributed by atoms with Crippen LogP contribution in [0.3, 0.4) is 0 Å². The normalized spacial score (nSPS) is 14.8. The predicted molar refractivity (Wildman–Crippen MR) is 187 cm³/mol. The van der Waals surface area contributed by atoms with E-state index in [1.54, 1.807) is 30.3 Å². The summed E-state index contributed by atoms with van der Waals surface area (Å²) in [7, 11) is 0. The molecule has 5 rings (SSSR count). The molecule has 3 N–H and O–H groups in total. The minimum absolute atomic E-state index is 0.0141. The highest BCUT2D eigenvalue weighted by molar-refractivity contribution is 7.16. The highest BCUT2D eigenvalue weighted by Crippen LogP contribution is 2.30. The number of aromatic nitrogens is 1. The summed E-state index contributed by atoms with van der Waals surface area (Å²) < 4.78 is 21.2. The zero-order valence-electron chi connectivity index (χ0n) is 26.9. The highest BCUT2D eigenvalue weighted by atomic mass is 32.1. The maximum Gasteiger partial charge on any atom is 0.411 e. The van der Waals surface area contributed by atoms with Crippen molar-refractivity contribution >= 4 is 33.3 Å². The second kappa shape index (κ2) is 17.4. The van der Waals surface area contributed by atoms with Crippen molar-refractivity contribution in [3.63, 3.8) is 0 Å². The summed E-state index contributed by atoms with van der Waals surface area (Å²) in [6.07, 6.45) is 10.8. The van der Waals surface area contributed by atoms with Crippen molar-refractivity contribution in [3.05, 3.63) is 87.8 Å². The third-order valence-corrected chi connectivity index (χ3v) is 9.81. The van der Waals surface area contributed by atoms with Crippen LogP contribution in [-0.2, 0) is 11.2 Å². The van der Waals surface area contributed by atoms with Crippen molar-refractivity contribution in [1.82, 2.24) is 15.2 Å². The van der Waals surface area contributed by atoms with Crippen molar-refractivity contribution in [2.75, 3.05) is 31.5 Å². The molecule has 0 bridgehead atoms. The number of H-pyrrole nitrogens is 1. The van der Waals surface area contributed by atoms with E-state index in [0.717, 1.165) is 55.7 Å². The summed E-state index contributed by atoms with van der Waals surface area (Å²) in [6.45, 7) is 6.23. The third-order valence-electron chi connectivity index (χ3n) is 8.83. The van der Waals surface area contributed by atoms with E-state index in [0.29, 0.717) is 22.9 Å². The summed E-state index contributed by atoms with van der Waals surface area (Å²) in [5.41, 5.74) is 3.81. The van der Waals surface area contributed by atoms with E-state index in [-0.39, 0.29) is 16.8 Å². The molecular weight excluding hydrogens is 599 g/mol. The number of anilines is 1. The van der Waals surface area contributed by atoms with Gasteiger partial charge in [-0.25, -0.2) is 9.18 Å². The molecule has 1 aliphatic rings. The Bertz CT molecular complexity index is 1600. The SMILES string of the molecule is CC(Cc1cccc2[nH]c(=O)sc12)NCCCCCCCCCN1CCC(OC(=O)Nc2ccccc2-c2ccccc2F)CC1. The van der Waals surface area contributed by atoms with E-state index >= 15 is 0 Å². The fraction of sp³-hybridized carbons (Fsp3) is 0.459. The molecule has 1 aliphatic heterocycles. The predicted octanol–water partition coefficient (Wildman–Crippen LogP) is 8.36. The summed E-state index contributed by atoms with van der Waals surface area (Å²) >= 11 is 1.31. The molecule has 1 saturated heterocycles. The number of aromatic amines is 1. The molecule has 7 nitrogen and oxygen atoms in total. The smallest absolute Gasteiger partial charge is 0.411 e. The summed E-state index contributed by atoms with van der Waals surface area (Å²) in [6, 6.07) is 20.3. The molecule has 1 fully saturated rings. The Hall–Kier alpha value is -3.53. The number of carbonyl (C=O) groups excluding carboxylic acids is 1. The molecule has 1 aromatic heterocycles. The largest absolute Gasteiger partial charge is 0.446 e. The van der Waals surface area contributed by atoms with Gasteiger partial charge in [0, 0.05) is 30.3 Å². The van der Waals surface area contributed by atoms with E-state index < -0.39 is 6.09 Å². The zero-order valence-corrected chi connectivity index (χ0v) is 27.7. The number of carbonyl (C=O) groups is 1. The number of fused-ring (bicyclic) bond motifs is 1. The number of thiazole rings is 1. The van der Waals surface area contributed by atoms with Gasteiger partial charge in [-0.15, -0.1) is 0 Å². The molecular formula is C37H47FN4O3S. The van der Waals surface area contributed by atoms with Crippen LogP contribution in [0, 0.1) is 5.82 Å². The van der Waals surface area contributed by atoms with Crippen LogP contribution in [0.25, 0.3) is 21.3 Å². The number of hydrogen-bond donors (Lipinski definition) is 3. The molecule has 46 heavy (non-hydrogen) atoms. The minimum Gasteiger partial charge on any atom is -0.446 e. The summed E-state index contributed by atoms with van der Waals surface area (Å²) in [5.74, 6) is -0.326. The average Bonchev–Trinajstić information content (AvgIpc) is 3.44.